The first-order valence-corrected chi connectivity index (χ1v) is 5.79. The van der Waals surface area contributed by atoms with Crippen molar-refractivity contribution < 1.29 is 4.79 Å². The SMILES string of the molecule is CCCn1ncc(Cl)c1C(=O)c1ccccn1. The zero-order chi connectivity index (χ0) is 12.3. The third-order valence-corrected chi connectivity index (χ3v) is 2.62. The van der Waals surface area contributed by atoms with Crippen LogP contribution in [0.1, 0.15) is 29.5 Å². The van der Waals surface area contributed by atoms with E-state index >= 15 is 0 Å². The predicted molar refractivity (Wildman–Crippen MR) is 65.2 cm³/mol. The summed E-state index contributed by atoms with van der Waals surface area (Å²) in [5.41, 5.74) is 0.791. The first-order chi connectivity index (χ1) is 8.24. The molecule has 0 saturated heterocycles. The van der Waals surface area contributed by atoms with Gasteiger partial charge in [-0.05, 0) is 18.6 Å². The van der Waals surface area contributed by atoms with Crippen molar-refractivity contribution in [2.24, 2.45) is 0 Å². The van der Waals surface area contributed by atoms with Crippen LogP contribution in [0.25, 0.3) is 0 Å². The molecule has 0 saturated carbocycles. The molecule has 0 spiro atoms. The first kappa shape index (κ1) is 11.8. The quantitative estimate of drug-likeness (QED) is 0.783. The summed E-state index contributed by atoms with van der Waals surface area (Å²) in [5, 5.41) is 4.46. The maximum absolute atomic E-state index is 12.2. The second kappa shape index (κ2) is 5.10. The monoisotopic (exact) mass is 249 g/mol. The van der Waals surface area contributed by atoms with Gasteiger partial charge in [-0.1, -0.05) is 24.6 Å². The molecule has 0 unspecified atom stereocenters. The lowest BCUT2D eigenvalue weighted by Crippen LogP contribution is -2.13. The van der Waals surface area contributed by atoms with Gasteiger partial charge in [-0.25, -0.2) is 0 Å². The molecule has 0 amide bonds. The van der Waals surface area contributed by atoms with E-state index in [-0.39, 0.29) is 5.78 Å². The largest absolute Gasteiger partial charge is 0.285 e. The maximum atomic E-state index is 12.2. The van der Waals surface area contributed by atoms with Gasteiger partial charge in [-0.3, -0.25) is 14.5 Å². The van der Waals surface area contributed by atoms with Gasteiger partial charge in [-0.2, -0.15) is 5.10 Å². The van der Waals surface area contributed by atoms with Crippen LogP contribution in [0, 0.1) is 0 Å². The van der Waals surface area contributed by atoms with E-state index in [0.29, 0.717) is 23.0 Å². The molecule has 0 aromatic carbocycles. The third-order valence-electron chi connectivity index (χ3n) is 2.34. The Labute approximate surface area is 104 Å². The van der Waals surface area contributed by atoms with Crippen molar-refractivity contribution in [1.82, 2.24) is 14.8 Å². The van der Waals surface area contributed by atoms with Crippen molar-refractivity contribution in [3.63, 3.8) is 0 Å². The molecule has 0 aliphatic rings. The highest BCUT2D eigenvalue weighted by Crippen LogP contribution is 2.18. The highest BCUT2D eigenvalue weighted by molar-refractivity contribution is 6.34. The van der Waals surface area contributed by atoms with Gasteiger partial charge in [0.05, 0.1) is 11.2 Å². The molecule has 0 aliphatic carbocycles. The molecule has 0 atom stereocenters. The number of hydrogen-bond acceptors (Lipinski definition) is 3. The highest BCUT2D eigenvalue weighted by atomic mass is 35.5. The van der Waals surface area contributed by atoms with Crippen molar-refractivity contribution >= 4 is 17.4 Å². The number of pyridine rings is 1. The third kappa shape index (κ3) is 2.36. The summed E-state index contributed by atoms with van der Waals surface area (Å²) in [4.78, 5) is 16.2. The van der Waals surface area contributed by atoms with E-state index in [9.17, 15) is 4.79 Å². The number of carbonyl (C=O) groups is 1. The zero-order valence-electron chi connectivity index (χ0n) is 9.43. The van der Waals surface area contributed by atoms with E-state index < -0.39 is 0 Å². The van der Waals surface area contributed by atoms with Crippen LogP contribution < -0.4 is 0 Å². The van der Waals surface area contributed by atoms with Crippen LogP contribution in [0.5, 0.6) is 0 Å². The zero-order valence-corrected chi connectivity index (χ0v) is 10.2. The van der Waals surface area contributed by atoms with Gasteiger partial charge in [-0.15, -0.1) is 0 Å². The Hall–Kier alpha value is -1.68. The molecule has 5 heteroatoms. The molecular formula is C12H12ClN3O. The fourth-order valence-electron chi connectivity index (χ4n) is 1.59. The lowest BCUT2D eigenvalue weighted by Gasteiger charge is -2.05. The summed E-state index contributed by atoms with van der Waals surface area (Å²) >= 11 is 5.99. The van der Waals surface area contributed by atoms with Crippen molar-refractivity contribution in [1.29, 1.82) is 0 Å². The minimum absolute atomic E-state index is 0.193. The lowest BCUT2D eigenvalue weighted by molar-refractivity contribution is 0.102. The van der Waals surface area contributed by atoms with E-state index in [1.165, 1.54) is 6.20 Å². The van der Waals surface area contributed by atoms with Crippen LogP contribution in [-0.2, 0) is 6.54 Å². The molecule has 2 aromatic rings. The molecule has 2 rings (SSSR count). The Morgan fingerprint density at radius 3 is 2.94 bits per heavy atom. The number of nitrogens with zero attached hydrogens (tertiary/aromatic N) is 3. The molecule has 0 radical (unpaired) electrons. The Balaban J connectivity index is 2.40. The van der Waals surface area contributed by atoms with Gasteiger partial charge in [0.25, 0.3) is 0 Å². The summed E-state index contributed by atoms with van der Waals surface area (Å²) in [6.45, 7) is 2.69. The molecule has 0 aliphatic heterocycles. The average Bonchev–Trinajstić information content (AvgIpc) is 2.71. The average molecular weight is 250 g/mol. The second-order valence-electron chi connectivity index (χ2n) is 3.61. The van der Waals surface area contributed by atoms with Crippen LogP contribution in [0.15, 0.2) is 30.6 Å². The number of hydrogen-bond donors (Lipinski definition) is 0. The summed E-state index contributed by atoms with van der Waals surface area (Å²) in [7, 11) is 0. The van der Waals surface area contributed by atoms with E-state index in [4.69, 9.17) is 11.6 Å². The van der Waals surface area contributed by atoms with Crippen LogP contribution in [0.3, 0.4) is 0 Å². The molecule has 17 heavy (non-hydrogen) atoms. The van der Waals surface area contributed by atoms with E-state index in [1.54, 1.807) is 29.1 Å². The number of rotatable bonds is 4. The molecule has 88 valence electrons. The van der Waals surface area contributed by atoms with Gasteiger partial charge in [0.15, 0.2) is 0 Å². The normalized spacial score (nSPS) is 10.5. The number of aromatic nitrogens is 3. The molecule has 0 N–H and O–H groups in total. The second-order valence-corrected chi connectivity index (χ2v) is 4.02. The van der Waals surface area contributed by atoms with Crippen LogP contribution in [0.2, 0.25) is 5.02 Å². The maximum Gasteiger partial charge on any atom is 0.230 e. The summed E-state index contributed by atoms with van der Waals surface area (Å²) in [5.74, 6) is -0.193. The molecular weight excluding hydrogens is 238 g/mol. The van der Waals surface area contributed by atoms with Gasteiger partial charge in [0, 0.05) is 12.7 Å². The molecule has 2 heterocycles. The van der Waals surface area contributed by atoms with Crippen LogP contribution >= 0.6 is 11.6 Å². The van der Waals surface area contributed by atoms with Crippen molar-refractivity contribution in [3.05, 3.63) is 47.0 Å². The number of ketones is 1. The number of aryl methyl sites for hydroxylation is 1. The van der Waals surface area contributed by atoms with Gasteiger partial charge in [0.2, 0.25) is 5.78 Å². The van der Waals surface area contributed by atoms with Crippen molar-refractivity contribution in [3.8, 4) is 0 Å². The van der Waals surface area contributed by atoms with Gasteiger partial charge >= 0.3 is 0 Å². The van der Waals surface area contributed by atoms with Crippen LogP contribution in [0.4, 0.5) is 0 Å². The van der Waals surface area contributed by atoms with Gasteiger partial charge in [0.1, 0.15) is 11.4 Å². The fraction of sp³-hybridized carbons (Fsp3) is 0.250. The number of carbonyl (C=O) groups excluding carboxylic acids is 1. The van der Waals surface area contributed by atoms with Gasteiger partial charge < -0.3 is 0 Å². The smallest absolute Gasteiger partial charge is 0.230 e. The molecule has 0 fully saturated rings. The Kier molecular flexibility index (Phi) is 3.54. The number of halogens is 1. The fourth-order valence-corrected chi connectivity index (χ4v) is 1.81. The molecule has 0 bridgehead atoms. The van der Waals surface area contributed by atoms with E-state index in [2.05, 4.69) is 10.1 Å². The van der Waals surface area contributed by atoms with Crippen LogP contribution in [-0.4, -0.2) is 20.5 Å². The topological polar surface area (TPSA) is 47.8 Å². The van der Waals surface area contributed by atoms with Crippen molar-refractivity contribution in [2.45, 2.75) is 19.9 Å². The van der Waals surface area contributed by atoms with E-state index in [0.717, 1.165) is 6.42 Å². The summed E-state index contributed by atoms with van der Waals surface area (Å²) in [6, 6.07) is 5.21. The minimum atomic E-state index is -0.193. The molecule has 4 nitrogen and oxygen atoms in total. The predicted octanol–water partition coefficient (Wildman–Crippen LogP) is 2.57. The Morgan fingerprint density at radius 2 is 2.29 bits per heavy atom. The van der Waals surface area contributed by atoms with E-state index in [1.807, 2.05) is 6.92 Å². The highest BCUT2D eigenvalue weighted by Gasteiger charge is 2.19. The lowest BCUT2D eigenvalue weighted by atomic mass is 10.2. The van der Waals surface area contributed by atoms with Crippen molar-refractivity contribution in [2.75, 3.05) is 0 Å². The summed E-state index contributed by atoms with van der Waals surface area (Å²) in [6.07, 6.45) is 3.97. The Morgan fingerprint density at radius 1 is 1.47 bits per heavy atom. The molecule has 2 aromatic heterocycles. The first-order valence-electron chi connectivity index (χ1n) is 5.41. The Bertz CT molecular complexity index is 522. The summed E-state index contributed by atoms with van der Waals surface area (Å²) < 4.78 is 1.62. The standard InChI is InChI=1S/C12H12ClN3O/c1-2-7-16-11(9(13)8-15-16)12(17)10-5-3-4-6-14-10/h3-6,8H,2,7H2,1H3. The minimum Gasteiger partial charge on any atom is -0.285 e.